The Bertz CT molecular complexity index is 447. The van der Waals surface area contributed by atoms with Crippen LogP contribution >= 0.6 is 23.1 Å². The van der Waals surface area contributed by atoms with Crippen LogP contribution in [0.3, 0.4) is 0 Å². The molecule has 2 rings (SSSR count). The third-order valence-electron chi connectivity index (χ3n) is 1.62. The molecule has 2 heterocycles. The van der Waals surface area contributed by atoms with Crippen LogP contribution in [0.4, 0.5) is 0 Å². The number of hydrogen-bond donors (Lipinski definition) is 0. The first-order chi connectivity index (χ1) is 6.78. The number of aryl methyl sites for hydroxylation is 1. The van der Waals surface area contributed by atoms with Gasteiger partial charge in [0.2, 0.25) is 0 Å². The van der Waals surface area contributed by atoms with Gasteiger partial charge in [-0.2, -0.15) is 5.10 Å². The van der Waals surface area contributed by atoms with Gasteiger partial charge < -0.3 is 0 Å². The Morgan fingerprint density at radius 1 is 1.57 bits per heavy atom. The fourth-order valence-corrected chi connectivity index (χ4v) is 2.99. The summed E-state index contributed by atoms with van der Waals surface area (Å²) in [7, 11) is 1.88. The molecule has 0 amide bonds. The third-order valence-corrected chi connectivity index (χ3v) is 3.71. The summed E-state index contributed by atoms with van der Waals surface area (Å²) < 4.78 is 2.87. The number of hydrogen-bond acceptors (Lipinski definition) is 4. The van der Waals surface area contributed by atoms with Gasteiger partial charge in [0.15, 0.2) is 6.29 Å². The van der Waals surface area contributed by atoms with Crippen LogP contribution in [0.1, 0.15) is 9.67 Å². The molecule has 14 heavy (non-hydrogen) atoms. The van der Waals surface area contributed by atoms with Crippen molar-refractivity contribution >= 4 is 29.4 Å². The SMILES string of the molecule is Cn1cc(Sc2ccc(C=O)s2)cn1. The minimum Gasteiger partial charge on any atom is -0.297 e. The van der Waals surface area contributed by atoms with Crippen molar-refractivity contribution < 1.29 is 4.79 Å². The standard InChI is InChI=1S/C9H8N2OS2/c1-11-5-8(4-10-11)14-9-3-2-7(6-12)13-9/h2-6H,1H3. The first-order valence-electron chi connectivity index (χ1n) is 3.99. The molecule has 0 spiro atoms. The Labute approximate surface area is 89.8 Å². The molecule has 5 heteroatoms. The highest BCUT2D eigenvalue weighted by molar-refractivity contribution is 8.01. The average molecular weight is 224 g/mol. The minimum atomic E-state index is 0.761. The molecule has 0 N–H and O–H groups in total. The van der Waals surface area contributed by atoms with E-state index < -0.39 is 0 Å². The Morgan fingerprint density at radius 3 is 3.00 bits per heavy atom. The van der Waals surface area contributed by atoms with E-state index in [-0.39, 0.29) is 0 Å². The molecule has 0 aliphatic rings. The molecule has 0 aliphatic carbocycles. The second-order valence-electron chi connectivity index (χ2n) is 2.73. The Kier molecular flexibility index (Phi) is 2.69. The van der Waals surface area contributed by atoms with Gasteiger partial charge in [-0.3, -0.25) is 9.48 Å². The normalized spacial score (nSPS) is 10.4. The molecule has 0 aliphatic heterocycles. The molecular formula is C9H8N2OS2. The van der Waals surface area contributed by atoms with E-state index in [1.807, 2.05) is 31.6 Å². The van der Waals surface area contributed by atoms with Crippen LogP contribution in [0, 0.1) is 0 Å². The number of nitrogens with zero attached hydrogens (tertiary/aromatic N) is 2. The summed E-state index contributed by atoms with van der Waals surface area (Å²) in [5.74, 6) is 0. The maximum Gasteiger partial charge on any atom is 0.160 e. The smallest absolute Gasteiger partial charge is 0.160 e. The van der Waals surface area contributed by atoms with E-state index in [0.717, 1.165) is 20.3 Å². The summed E-state index contributed by atoms with van der Waals surface area (Å²) in [6, 6.07) is 3.78. The van der Waals surface area contributed by atoms with Gasteiger partial charge in [0.05, 0.1) is 20.2 Å². The number of aldehydes is 1. The zero-order chi connectivity index (χ0) is 9.97. The number of thiophene rings is 1. The van der Waals surface area contributed by atoms with E-state index in [4.69, 9.17) is 0 Å². The molecule has 72 valence electrons. The van der Waals surface area contributed by atoms with Gasteiger partial charge in [0, 0.05) is 13.2 Å². The lowest BCUT2D eigenvalue weighted by Crippen LogP contribution is -1.83. The second kappa shape index (κ2) is 3.98. The number of carbonyl (C=O) groups is 1. The number of rotatable bonds is 3. The lowest BCUT2D eigenvalue weighted by Gasteiger charge is -1.90. The van der Waals surface area contributed by atoms with Crippen molar-refractivity contribution in [2.75, 3.05) is 0 Å². The van der Waals surface area contributed by atoms with Gasteiger partial charge in [0.25, 0.3) is 0 Å². The predicted octanol–water partition coefficient (Wildman–Crippen LogP) is 2.45. The first kappa shape index (κ1) is 9.48. The highest BCUT2D eigenvalue weighted by atomic mass is 32.2. The summed E-state index contributed by atoms with van der Waals surface area (Å²) in [5, 5.41) is 4.07. The maximum absolute atomic E-state index is 10.5. The van der Waals surface area contributed by atoms with Crippen LogP contribution in [-0.4, -0.2) is 16.1 Å². The van der Waals surface area contributed by atoms with Gasteiger partial charge in [-0.05, 0) is 12.1 Å². The second-order valence-corrected chi connectivity index (χ2v) is 5.22. The van der Waals surface area contributed by atoms with E-state index in [0.29, 0.717) is 0 Å². The van der Waals surface area contributed by atoms with Crippen molar-refractivity contribution in [3.05, 3.63) is 29.4 Å². The lowest BCUT2D eigenvalue weighted by atomic mass is 10.5. The summed E-state index contributed by atoms with van der Waals surface area (Å²) in [6.07, 6.45) is 4.63. The van der Waals surface area contributed by atoms with E-state index >= 15 is 0 Å². The fourth-order valence-electron chi connectivity index (χ4n) is 1.02. The average Bonchev–Trinajstić information content (AvgIpc) is 2.76. The monoisotopic (exact) mass is 224 g/mol. The van der Waals surface area contributed by atoms with Gasteiger partial charge in [-0.1, -0.05) is 11.8 Å². The Morgan fingerprint density at radius 2 is 2.43 bits per heavy atom. The highest BCUT2D eigenvalue weighted by Gasteiger charge is 2.02. The van der Waals surface area contributed by atoms with Gasteiger partial charge >= 0.3 is 0 Å². The molecule has 0 bridgehead atoms. The van der Waals surface area contributed by atoms with Crippen LogP contribution in [-0.2, 0) is 7.05 Å². The topological polar surface area (TPSA) is 34.9 Å². The van der Waals surface area contributed by atoms with E-state index in [1.54, 1.807) is 16.4 Å². The summed E-state index contributed by atoms with van der Waals surface area (Å²) in [5.41, 5.74) is 0. The van der Waals surface area contributed by atoms with Crippen LogP contribution in [0.5, 0.6) is 0 Å². The van der Waals surface area contributed by atoms with Gasteiger partial charge in [0.1, 0.15) is 0 Å². The highest BCUT2D eigenvalue weighted by Crippen LogP contribution is 2.32. The van der Waals surface area contributed by atoms with Crippen molar-refractivity contribution in [3.8, 4) is 0 Å². The third kappa shape index (κ3) is 2.05. The molecule has 0 saturated heterocycles. The molecule has 0 unspecified atom stereocenters. The van der Waals surface area contributed by atoms with Crippen LogP contribution in [0.25, 0.3) is 0 Å². The summed E-state index contributed by atoms with van der Waals surface area (Å²) >= 11 is 3.12. The van der Waals surface area contributed by atoms with Crippen molar-refractivity contribution in [1.29, 1.82) is 0 Å². The van der Waals surface area contributed by atoms with Crippen molar-refractivity contribution in [2.45, 2.75) is 9.10 Å². The van der Waals surface area contributed by atoms with Crippen molar-refractivity contribution in [1.82, 2.24) is 9.78 Å². The lowest BCUT2D eigenvalue weighted by molar-refractivity contribution is 0.112. The van der Waals surface area contributed by atoms with E-state index in [1.165, 1.54) is 11.3 Å². The zero-order valence-corrected chi connectivity index (χ0v) is 9.14. The maximum atomic E-state index is 10.5. The van der Waals surface area contributed by atoms with Crippen molar-refractivity contribution in [2.24, 2.45) is 7.05 Å². The quantitative estimate of drug-likeness (QED) is 0.751. The summed E-state index contributed by atoms with van der Waals surface area (Å²) in [6.45, 7) is 0. The summed E-state index contributed by atoms with van der Waals surface area (Å²) in [4.78, 5) is 12.3. The molecule has 0 aromatic carbocycles. The molecule has 2 aromatic heterocycles. The Balaban J connectivity index is 2.14. The Hall–Kier alpha value is -1.07. The molecule has 0 fully saturated rings. The van der Waals surface area contributed by atoms with Crippen LogP contribution < -0.4 is 0 Å². The molecule has 0 radical (unpaired) electrons. The molecule has 0 saturated carbocycles. The molecule has 3 nitrogen and oxygen atoms in total. The van der Waals surface area contributed by atoms with Gasteiger partial charge in [-0.25, -0.2) is 0 Å². The van der Waals surface area contributed by atoms with E-state index in [9.17, 15) is 4.79 Å². The first-order valence-corrected chi connectivity index (χ1v) is 5.63. The minimum absolute atomic E-state index is 0.761. The molecule has 0 atom stereocenters. The van der Waals surface area contributed by atoms with Gasteiger partial charge in [-0.15, -0.1) is 11.3 Å². The molecular weight excluding hydrogens is 216 g/mol. The zero-order valence-electron chi connectivity index (χ0n) is 7.51. The number of carbonyl (C=O) groups excluding carboxylic acids is 1. The predicted molar refractivity (Wildman–Crippen MR) is 57.0 cm³/mol. The van der Waals surface area contributed by atoms with Crippen molar-refractivity contribution in [3.63, 3.8) is 0 Å². The number of aromatic nitrogens is 2. The van der Waals surface area contributed by atoms with Crippen LogP contribution in [0.2, 0.25) is 0 Å². The van der Waals surface area contributed by atoms with E-state index in [2.05, 4.69) is 5.10 Å². The van der Waals surface area contributed by atoms with Crippen LogP contribution in [0.15, 0.2) is 33.6 Å². The fraction of sp³-hybridized carbons (Fsp3) is 0.111. The largest absolute Gasteiger partial charge is 0.297 e. The molecule has 2 aromatic rings.